The van der Waals surface area contributed by atoms with Crippen molar-refractivity contribution in [2.45, 2.75) is 19.1 Å². The third kappa shape index (κ3) is 4.53. The quantitative estimate of drug-likeness (QED) is 0.880. The lowest BCUT2D eigenvalue weighted by molar-refractivity contribution is 0.0529. The molecule has 5 heteroatoms. The molecule has 1 saturated heterocycles. The van der Waals surface area contributed by atoms with Crippen LogP contribution in [0.1, 0.15) is 17.6 Å². The van der Waals surface area contributed by atoms with Gasteiger partial charge in [0.05, 0.1) is 6.04 Å². The van der Waals surface area contributed by atoms with Crippen LogP contribution in [0.5, 0.6) is 5.75 Å². The van der Waals surface area contributed by atoms with E-state index in [0.717, 1.165) is 35.3 Å². The van der Waals surface area contributed by atoms with Crippen molar-refractivity contribution in [2.75, 3.05) is 31.2 Å². The summed E-state index contributed by atoms with van der Waals surface area (Å²) in [6.07, 6.45) is -0.517. The van der Waals surface area contributed by atoms with E-state index in [1.165, 1.54) is 0 Å². The molecule has 2 heterocycles. The first kappa shape index (κ1) is 16.4. The van der Waals surface area contributed by atoms with Crippen LogP contribution in [-0.2, 0) is 0 Å². The number of nitrogens with zero attached hydrogens (tertiary/aromatic N) is 1. The first-order chi connectivity index (χ1) is 11.2. The monoisotopic (exact) mass is 333 g/mol. The van der Waals surface area contributed by atoms with Gasteiger partial charge in [-0.15, -0.1) is 0 Å². The van der Waals surface area contributed by atoms with Gasteiger partial charge in [0.15, 0.2) is 0 Å². The molecular formula is C18H23NO3S. The Labute approximate surface area is 141 Å². The fourth-order valence-corrected chi connectivity index (χ4v) is 3.91. The van der Waals surface area contributed by atoms with Crippen LogP contribution in [0.2, 0.25) is 0 Å². The number of rotatable bonds is 6. The summed E-state index contributed by atoms with van der Waals surface area (Å²) in [4.78, 5) is 2.30. The predicted molar refractivity (Wildman–Crippen MR) is 93.0 cm³/mol. The summed E-state index contributed by atoms with van der Waals surface area (Å²) in [5.74, 6) is 4.80. The van der Waals surface area contributed by atoms with Gasteiger partial charge >= 0.3 is 0 Å². The molecule has 3 rings (SSSR count). The Balaban J connectivity index is 1.56. The molecule has 124 valence electrons. The molecule has 2 aromatic rings. The van der Waals surface area contributed by atoms with E-state index in [4.69, 9.17) is 9.15 Å². The van der Waals surface area contributed by atoms with Gasteiger partial charge in [0.25, 0.3) is 0 Å². The number of benzene rings is 1. The van der Waals surface area contributed by atoms with Crippen LogP contribution in [0.25, 0.3) is 0 Å². The van der Waals surface area contributed by atoms with E-state index in [-0.39, 0.29) is 6.04 Å². The Morgan fingerprint density at radius 2 is 2.13 bits per heavy atom. The summed E-state index contributed by atoms with van der Waals surface area (Å²) < 4.78 is 11.4. The molecule has 0 radical (unpaired) electrons. The zero-order valence-electron chi connectivity index (χ0n) is 13.4. The number of thioether (sulfide) groups is 1. The highest BCUT2D eigenvalue weighted by molar-refractivity contribution is 7.99. The fourth-order valence-electron chi connectivity index (χ4n) is 2.78. The van der Waals surface area contributed by atoms with E-state index >= 15 is 0 Å². The maximum Gasteiger partial charge on any atom is 0.122 e. The fraction of sp³-hybridized carbons (Fsp3) is 0.444. The minimum Gasteiger partial charge on any atom is -0.491 e. The largest absolute Gasteiger partial charge is 0.491 e. The van der Waals surface area contributed by atoms with Crippen LogP contribution in [0, 0.1) is 6.92 Å². The average Bonchev–Trinajstić information content (AvgIpc) is 3.01. The Kier molecular flexibility index (Phi) is 5.65. The molecule has 0 bridgehead atoms. The lowest BCUT2D eigenvalue weighted by atomic mass is 10.2. The maximum absolute atomic E-state index is 10.3. The number of furan rings is 1. The standard InChI is InChI=1S/C18H23NO3S/c1-14-7-8-18(22-14)17-13-23-10-9-19(17)11-15(20)12-21-16-5-3-2-4-6-16/h2-8,15,17,20H,9-13H2,1H3. The number of hydrogen-bond donors (Lipinski definition) is 1. The van der Waals surface area contributed by atoms with Crippen molar-refractivity contribution in [3.63, 3.8) is 0 Å². The van der Waals surface area contributed by atoms with E-state index in [1.54, 1.807) is 0 Å². The summed E-state index contributed by atoms with van der Waals surface area (Å²) in [6, 6.07) is 13.9. The molecule has 0 spiro atoms. The molecule has 2 atom stereocenters. The van der Waals surface area contributed by atoms with Crippen molar-refractivity contribution in [2.24, 2.45) is 0 Å². The molecular weight excluding hydrogens is 310 g/mol. The molecule has 1 aromatic carbocycles. The van der Waals surface area contributed by atoms with Crippen LogP contribution in [0.3, 0.4) is 0 Å². The number of hydrogen-bond acceptors (Lipinski definition) is 5. The Hall–Kier alpha value is -1.43. The normalized spacial score (nSPS) is 20.3. The third-order valence-corrected chi connectivity index (χ3v) is 4.98. The molecule has 4 nitrogen and oxygen atoms in total. The summed E-state index contributed by atoms with van der Waals surface area (Å²) in [7, 11) is 0. The molecule has 1 aliphatic rings. The molecule has 1 aliphatic heterocycles. The van der Waals surface area contributed by atoms with Gasteiger partial charge in [-0.05, 0) is 31.2 Å². The topological polar surface area (TPSA) is 45.8 Å². The molecule has 1 N–H and O–H groups in total. The van der Waals surface area contributed by atoms with Gasteiger partial charge in [-0.2, -0.15) is 11.8 Å². The van der Waals surface area contributed by atoms with Gasteiger partial charge in [-0.1, -0.05) is 18.2 Å². The van der Waals surface area contributed by atoms with Gasteiger partial charge in [0.1, 0.15) is 30.0 Å². The van der Waals surface area contributed by atoms with Crippen molar-refractivity contribution in [3.8, 4) is 5.75 Å². The van der Waals surface area contributed by atoms with Crippen LogP contribution >= 0.6 is 11.8 Å². The Bertz CT molecular complexity index is 601. The molecule has 23 heavy (non-hydrogen) atoms. The highest BCUT2D eigenvalue weighted by Crippen LogP contribution is 2.30. The van der Waals surface area contributed by atoms with E-state index < -0.39 is 6.10 Å². The van der Waals surface area contributed by atoms with Crippen molar-refractivity contribution in [1.82, 2.24) is 4.90 Å². The van der Waals surface area contributed by atoms with Crippen LogP contribution in [0.4, 0.5) is 0 Å². The number of ether oxygens (including phenoxy) is 1. The lowest BCUT2D eigenvalue weighted by Gasteiger charge is -2.35. The van der Waals surface area contributed by atoms with Gasteiger partial charge in [0, 0.05) is 24.6 Å². The molecule has 0 amide bonds. The van der Waals surface area contributed by atoms with Crippen LogP contribution in [-0.4, -0.2) is 47.3 Å². The van der Waals surface area contributed by atoms with Crippen molar-refractivity contribution < 1.29 is 14.3 Å². The van der Waals surface area contributed by atoms with E-state index in [2.05, 4.69) is 4.90 Å². The molecule has 0 saturated carbocycles. The third-order valence-electron chi connectivity index (χ3n) is 3.96. The van der Waals surface area contributed by atoms with Crippen molar-refractivity contribution in [1.29, 1.82) is 0 Å². The van der Waals surface area contributed by atoms with Gasteiger partial charge in [-0.25, -0.2) is 0 Å². The lowest BCUT2D eigenvalue weighted by Crippen LogP contribution is -2.42. The van der Waals surface area contributed by atoms with Gasteiger partial charge in [0.2, 0.25) is 0 Å². The number of β-amino-alcohol motifs (C(OH)–C–C–N with tert-alkyl or cyclic N) is 1. The Morgan fingerprint density at radius 1 is 1.30 bits per heavy atom. The highest BCUT2D eigenvalue weighted by atomic mass is 32.2. The van der Waals surface area contributed by atoms with E-state index in [9.17, 15) is 5.11 Å². The van der Waals surface area contributed by atoms with Crippen molar-refractivity contribution in [3.05, 3.63) is 54.0 Å². The smallest absolute Gasteiger partial charge is 0.122 e. The second kappa shape index (κ2) is 7.90. The SMILES string of the molecule is Cc1ccc(C2CSCCN2CC(O)COc2ccccc2)o1. The molecule has 1 aromatic heterocycles. The number of aliphatic hydroxyl groups excluding tert-OH is 1. The zero-order valence-corrected chi connectivity index (χ0v) is 14.2. The zero-order chi connectivity index (χ0) is 16.1. The van der Waals surface area contributed by atoms with Crippen LogP contribution < -0.4 is 4.74 Å². The molecule has 0 aliphatic carbocycles. The predicted octanol–water partition coefficient (Wildman–Crippen LogP) is 3.12. The Morgan fingerprint density at radius 3 is 2.87 bits per heavy atom. The van der Waals surface area contributed by atoms with Gasteiger partial charge in [-0.3, -0.25) is 4.90 Å². The minimum atomic E-state index is -0.517. The summed E-state index contributed by atoms with van der Waals surface area (Å²) in [5, 5.41) is 10.3. The summed E-state index contributed by atoms with van der Waals surface area (Å²) in [5.41, 5.74) is 0. The van der Waals surface area contributed by atoms with Crippen molar-refractivity contribution >= 4 is 11.8 Å². The summed E-state index contributed by atoms with van der Waals surface area (Å²) in [6.45, 7) is 3.82. The second-order valence-corrected chi connectivity index (χ2v) is 6.96. The number of aryl methyl sites for hydroxylation is 1. The maximum atomic E-state index is 10.3. The average molecular weight is 333 g/mol. The minimum absolute atomic E-state index is 0.230. The van der Waals surface area contributed by atoms with Gasteiger partial charge < -0.3 is 14.3 Å². The molecule has 2 unspecified atom stereocenters. The highest BCUT2D eigenvalue weighted by Gasteiger charge is 2.28. The second-order valence-electron chi connectivity index (χ2n) is 5.81. The summed E-state index contributed by atoms with van der Waals surface area (Å²) >= 11 is 1.93. The van der Waals surface area contributed by atoms with E-state index in [0.29, 0.717) is 13.2 Å². The number of para-hydroxylation sites is 1. The van der Waals surface area contributed by atoms with Crippen LogP contribution in [0.15, 0.2) is 46.9 Å². The first-order valence-corrected chi connectivity index (χ1v) is 9.12. The van der Waals surface area contributed by atoms with E-state index in [1.807, 2.05) is 61.2 Å². The number of aliphatic hydroxyl groups is 1. The first-order valence-electron chi connectivity index (χ1n) is 7.96. The molecule has 1 fully saturated rings.